The number of nitrogens with one attached hydrogen (secondary N) is 1. The average molecular weight is 448 g/mol. The summed E-state index contributed by atoms with van der Waals surface area (Å²) in [5.74, 6) is -0.725. The fourth-order valence-corrected chi connectivity index (χ4v) is 5.46. The molecule has 0 saturated heterocycles. The molecule has 2 aromatic carbocycles. The number of carbonyl (C=O) groups excluding carboxylic acids is 1. The number of sulfone groups is 1. The molecule has 0 saturated carbocycles. The molecule has 0 atom stereocenters. The maximum absolute atomic E-state index is 12.6. The van der Waals surface area contributed by atoms with Crippen LogP contribution in [-0.2, 0) is 14.4 Å². The molecule has 156 valence electrons. The van der Waals surface area contributed by atoms with Crippen LogP contribution in [0.1, 0.15) is 10.5 Å². The van der Waals surface area contributed by atoms with Crippen LogP contribution in [0.2, 0.25) is 0 Å². The van der Waals surface area contributed by atoms with Crippen LogP contribution in [0.15, 0.2) is 65.7 Å². The van der Waals surface area contributed by atoms with Crippen molar-refractivity contribution < 1.29 is 27.6 Å². The van der Waals surface area contributed by atoms with E-state index in [0.717, 1.165) is 17.7 Å². The lowest BCUT2D eigenvalue weighted by molar-refractivity contribution is 0.102. The van der Waals surface area contributed by atoms with Crippen LogP contribution in [0, 0.1) is 0 Å². The quantitative estimate of drug-likeness (QED) is 0.411. The van der Waals surface area contributed by atoms with Crippen molar-refractivity contribution in [2.75, 3.05) is 16.5 Å². The average Bonchev–Trinajstić information content (AvgIpc) is 2.67. The number of rotatable bonds is 6. The maximum Gasteiger partial charge on any atom is 0.340 e. The highest BCUT2D eigenvalue weighted by Crippen LogP contribution is 2.38. The fourth-order valence-electron chi connectivity index (χ4n) is 2.55. The SMILES string of the molecule is Nc1ncc(-c2ccccc2)nc1C(=O)Nc1ccc(S(=O)(=O)CP(=O)(O)O)cc1. The number of hydrogen-bond donors (Lipinski definition) is 4. The van der Waals surface area contributed by atoms with E-state index in [-0.39, 0.29) is 22.1 Å². The van der Waals surface area contributed by atoms with Crippen molar-refractivity contribution in [3.05, 3.63) is 66.5 Å². The zero-order valence-electron chi connectivity index (χ0n) is 15.3. The van der Waals surface area contributed by atoms with E-state index in [0.29, 0.717) is 5.69 Å². The molecule has 1 heterocycles. The Bertz CT molecular complexity index is 1230. The summed E-state index contributed by atoms with van der Waals surface area (Å²) in [4.78, 5) is 38.3. The zero-order valence-corrected chi connectivity index (χ0v) is 17.0. The first-order valence-electron chi connectivity index (χ1n) is 8.42. The van der Waals surface area contributed by atoms with E-state index in [1.54, 1.807) is 12.1 Å². The molecule has 5 N–H and O–H groups in total. The predicted octanol–water partition coefficient (Wildman–Crippen LogP) is 1.89. The number of carbonyl (C=O) groups is 1. The summed E-state index contributed by atoms with van der Waals surface area (Å²) in [6, 6.07) is 13.9. The van der Waals surface area contributed by atoms with Crippen molar-refractivity contribution in [1.82, 2.24) is 9.97 Å². The summed E-state index contributed by atoms with van der Waals surface area (Å²) < 4.78 is 35.0. The number of nitrogen functional groups attached to an aromatic ring is 1. The first-order chi connectivity index (χ1) is 14.0. The molecule has 30 heavy (non-hydrogen) atoms. The fraction of sp³-hybridized carbons (Fsp3) is 0.0556. The second-order valence-corrected chi connectivity index (χ2v) is 10.3. The van der Waals surface area contributed by atoms with Gasteiger partial charge in [-0.1, -0.05) is 30.3 Å². The van der Waals surface area contributed by atoms with Gasteiger partial charge in [0.1, 0.15) is 0 Å². The van der Waals surface area contributed by atoms with Crippen LogP contribution in [0.3, 0.4) is 0 Å². The lowest BCUT2D eigenvalue weighted by Gasteiger charge is -2.10. The molecule has 0 aliphatic rings. The van der Waals surface area contributed by atoms with E-state index in [9.17, 15) is 17.8 Å². The highest BCUT2D eigenvalue weighted by atomic mass is 32.2. The van der Waals surface area contributed by atoms with E-state index in [2.05, 4.69) is 15.3 Å². The third-order valence-electron chi connectivity index (χ3n) is 3.89. The lowest BCUT2D eigenvalue weighted by Crippen LogP contribution is -2.17. The highest BCUT2D eigenvalue weighted by Gasteiger charge is 2.26. The summed E-state index contributed by atoms with van der Waals surface area (Å²) in [6.07, 6.45) is 1.45. The first kappa shape index (κ1) is 21.6. The topological polar surface area (TPSA) is 173 Å². The van der Waals surface area contributed by atoms with Crippen molar-refractivity contribution >= 4 is 34.8 Å². The number of hydrogen-bond acceptors (Lipinski definition) is 7. The molecule has 3 aromatic rings. The van der Waals surface area contributed by atoms with Gasteiger partial charge in [0.15, 0.2) is 26.8 Å². The minimum atomic E-state index is -4.75. The van der Waals surface area contributed by atoms with Crippen LogP contribution in [0.4, 0.5) is 11.5 Å². The number of anilines is 2. The van der Waals surface area contributed by atoms with Crippen LogP contribution in [0.25, 0.3) is 11.3 Å². The zero-order chi connectivity index (χ0) is 21.9. The largest absolute Gasteiger partial charge is 0.382 e. The van der Waals surface area contributed by atoms with Crippen molar-refractivity contribution in [3.63, 3.8) is 0 Å². The predicted molar refractivity (Wildman–Crippen MR) is 110 cm³/mol. The van der Waals surface area contributed by atoms with Crippen LogP contribution >= 0.6 is 7.60 Å². The summed E-state index contributed by atoms with van der Waals surface area (Å²) in [5.41, 5.74) is 5.81. The molecule has 0 unspecified atom stereocenters. The molecule has 3 rings (SSSR count). The van der Waals surface area contributed by atoms with E-state index in [4.69, 9.17) is 15.5 Å². The molecule has 0 radical (unpaired) electrons. The van der Waals surface area contributed by atoms with Gasteiger partial charge in [-0.3, -0.25) is 9.36 Å². The lowest BCUT2D eigenvalue weighted by atomic mass is 10.1. The number of amides is 1. The van der Waals surface area contributed by atoms with Crippen molar-refractivity contribution in [3.8, 4) is 11.3 Å². The maximum atomic E-state index is 12.6. The molecule has 0 spiro atoms. The minimum absolute atomic E-state index is 0.0759. The van der Waals surface area contributed by atoms with E-state index >= 15 is 0 Å². The molecular formula is C18H17N4O6PS. The summed E-state index contributed by atoms with van der Waals surface area (Å²) in [6.45, 7) is 0. The standard InChI is InChI=1S/C18H17N4O6PS/c19-17-16(22-15(10-20-17)12-4-2-1-3-5-12)18(23)21-13-6-8-14(9-7-13)30(27,28)11-29(24,25)26/h1-10H,11H2,(H2,19,20)(H,21,23)(H2,24,25,26). The summed E-state index contributed by atoms with van der Waals surface area (Å²) in [7, 11) is -8.93. The molecule has 0 bridgehead atoms. The smallest absolute Gasteiger partial charge is 0.340 e. The molecular weight excluding hydrogens is 431 g/mol. The van der Waals surface area contributed by atoms with E-state index in [1.165, 1.54) is 18.3 Å². The molecule has 10 nitrogen and oxygen atoms in total. The van der Waals surface area contributed by atoms with E-state index < -0.39 is 28.8 Å². The Morgan fingerprint density at radius 3 is 2.30 bits per heavy atom. The molecule has 12 heteroatoms. The van der Waals surface area contributed by atoms with Gasteiger partial charge in [0, 0.05) is 11.3 Å². The first-order valence-corrected chi connectivity index (χ1v) is 11.9. The highest BCUT2D eigenvalue weighted by molar-refractivity contribution is 7.97. The van der Waals surface area contributed by atoms with Crippen LogP contribution < -0.4 is 11.1 Å². The Hall–Kier alpha value is -3.11. The summed E-state index contributed by atoms with van der Waals surface area (Å²) in [5, 5.41) is 2.53. The third-order valence-corrected chi connectivity index (χ3v) is 7.59. The number of nitrogens with two attached hydrogens (primary N) is 1. The van der Waals surface area contributed by atoms with Gasteiger partial charge in [0.2, 0.25) is 0 Å². The molecule has 1 aromatic heterocycles. The molecule has 0 aliphatic heterocycles. The monoisotopic (exact) mass is 448 g/mol. The second-order valence-electron chi connectivity index (χ2n) is 6.24. The Kier molecular flexibility index (Phi) is 5.99. The minimum Gasteiger partial charge on any atom is -0.382 e. The van der Waals surface area contributed by atoms with Crippen molar-refractivity contribution in [2.24, 2.45) is 0 Å². The van der Waals surface area contributed by atoms with Crippen molar-refractivity contribution in [2.45, 2.75) is 4.90 Å². The number of benzene rings is 2. The number of nitrogens with zero attached hydrogens (tertiary/aromatic N) is 2. The van der Waals surface area contributed by atoms with Crippen molar-refractivity contribution in [1.29, 1.82) is 0 Å². The Labute approximate surface area is 171 Å². The third kappa shape index (κ3) is 5.28. The van der Waals surface area contributed by atoms with Gasteiger partial charge in [0.05, 0.1) is 16.8 Å². The molecule has 0 aliphatic carbocycles. The Morgan fingerprint density at radius 1 is 1.07 bits per heavy atom. The Balaban J connectivity index is 1.81. The van der Waals surface area contributed by atoms with Gasteiger partial charge in [-0.2, -0.15) is 0 Å². The number of aromatic nitrogens is 2. The summed E-state index contributed by atoms with van der Waals surface area (Å²) >= 11 is 0. The van der Waals surface area contributed by atoms with E-state index in [1.807, 2.05) is 18.2 Å². The molecule has 1 amide bonds. The van der Waals surface area contributed by atoms with Crippen LogP contribution in [-0.4, -0.2) is 39.6 Å². The van der Waals surface area contributed by atoms with Gasteiger partial charge in [-0.15, -0.1) is 0 Å². The Morgan fingerprint density at radius 2 is 1.70 bits per heavy atom. The molecule has 0 fully saturated rings. The second kappa shape index (κ2) is 8.33. The van der Waals surface area contributed by atoms with Crippen LogP contribution in [0.5, 0.6) is 0 Å². The van der Waals surface area contributed by atoms with Gasteiger partial charge in [0.25, 0.3) is 5.91 Å². The van der Waals surface area contributed by atoms with Gasteiger partial charge in [-0.25, -0.2) is 18.4 Å². The normalized spacial score (nSPS) is 11.8. The van der Waals surface area contributed by atoms with Gasteiger partial charge >= 0.3 is 7.60 Å². The van der Waals surface area contributed by atoms with Gasteiger partial charge in [-0.05, 0) is 24.3 Å². The van der Waals surface area contributed by atoms with Gasteiger partial charge < -0.3 is 20.8 Å².